The summed E-state index contributed by atoms with van der Waals surface area (Å²) in [4.78, 5) is 21.9. The van der Waals surface area contributed by atoms with Gasteiger partial charge in [-0.3, -0.25) is 0 Å². The van der Waals surface area contributed by atoms with E-state index in [-0.39, 0.29) is 17.5 Å². The number of carbonyl (C=O) groups is 2. The third kappa shape index (κ3) is 5.96. The Balaban J connectivity index is 4.12. The second-order valence-electron chi connectivity index (χ2n) is 3.40. The second-order valence-corrected chi connectivity index (χ2v) is 3.94. The molecule has 0 aromatic heterocycles. The second kappa shape index (κ2) is 6.29. The molecule has 0 heterocycles. The molecule has 2 amide bonds. The van der Waals surface area contributed by atoms with Gasteiger partial charge < -0.3 is 15.7 Å². The van der Waals surface area contributed by atoms with Crippen LogP contribution in [0, 0.1) is 5.92 Å². The fraction of sp³-hybridized carbons (Fsp3) is 0.556. The van der Waals surface area contributed by atoms with Gasteiger partial charge in [-0.05, 0) is 5.92 Å². The number of amides is 2. The summed E-state index contributed by atoms with van der Waals surface area (Å²) in [6.45, 7) is 6.91. The number of carbonyl (C=O) groups excluding carboxylic acids is 1. The maximum Gasteiger partial charge on any atom is 0.326 e. The van der Waals surface area contributed by atoms with Crippen LogP contribution in [0.2, 0.25) is 0 Å². The molecule has 0 aliphatic rings. The van der Waals surface area contributed by atoms with Crippen LogP contribution in [0.15, 0.2) is 11.6 Å². The lowest BCUT2D eigenvalue weighted by atomic mass is 10.1. The van der Waals surface area contributed by atoms with Gasteiger partial charge in [0.15, 0.2) is 0 Å². The average Bonchev–Trinajstić information content (AvgIpc) is 2.09. The zero-order valence-electron chi connectivity index (χ0n) is 8.71. The molecule has 0 radical (unpaired) electrons. The van der Waals surface area contributed by atoms with Gasteiger partial charge in [-0.25, -0.2) is 9.59 Å². The molecule has 15 heavy (non-hydrogen) atoms. The number of hydrogen-bond donors (Lipinski definition) is 3. The van der Waals surface area contributed by atoms with Crippen molar-refractivity contribution in [3.8, 4) is 0 Å². The minimum absolute atomic E-state index is 0.109. The molecule has 0 aliphatic heterocycles. The van der Waals surface area contributed by atoms with Crippen molar-refractivity contribution in [1.82, 2.24) is 10.6 Å². The van der Waals surface area contributed by atoms with Crippen molar-refractivity contribution in [1.29, 1.82) is 0 Å². The van der Waals surface area contributed by atoms with E-state index in [0.717, 1.165) is 0 Å². The zero-order chi connectivity index (χ0) is 12.0. The highest BCUT2D eigenvalue weighted by Crippen LogP contribution is 2.01. The lowest BCUT2D eigenvalue weighted by Crippen LogP contribution is -2.48. The Morgan fingerprint density at radius 1 is 1.47 bits per heavy atom. The molecule has 0 fully saturated rings. The minimum Gasteiger partial charge on any atom is -0.480 e. The predicted molar refractivity (Wildman–Crippen MR) is 57.8 cm³/mol. The number of carboxylic acid groups (broad SMARTS) is 1. The molecule has 0 spiro atoms. The summed E-state index contributed by atoms with van der Waals surface area (Å²) in [5.41, 5.74) is 0. The molecule has 1 atom stereocenters. The molecule has 0 rings (SSSR count). The van der Waals surface area contributed by atoms with Gasteiger partial charge in [-0.15, -0.1) is 0 Å². The monoisotopic (exact) mass is 234 g/mol. The summed E-state index contributed by atoms with van der Waals surface area (Å²) >= 11 is 5.43. The van der Waals surface area contributed by atoms with Crippen LogP contribution in [-0.4, -0.2) is 29.7 Å². The van der Waals surface area contributed by atoms with Crippen LogP contribution in [0.1, 0.15) is 13.8 Å². The van der Waals surface area contributed by atoms with E-state index in [1.54, 1.807) is 13.8 Å². The summed E-state index contributed by atoms with van der Waals surface area (Å²) in [6, 6.07) is -1.48. The number of urea groups is 1. The zero-order valence-corrected chi connectivity index (χ0v) is 9.47. The van der Waals surface area contributed by atoms with E-state index in [1.165, 1.54) is 0 Å². The molecule has 0 bridgehead atoms. The van der Waals surface area contributed by atoms with Gasteiger partial charge in [-0.2, -0.15) is 0 Å². The van der Waals surface area contributed by atoms with Gasteiger partial charge in [0.05, 0.1) is 6.54 Å². The molecule has 5 nitrogen and oxygen atoms in total. The van der Waals surface area contributed by atoms with Crippen molar-refractivity contribution in [3.63, 3.8) is 0 Å². The number of rotatable bonds is 5. The van der Waals surface area contributed by atoms with Gasteiger partial charge >= 0.3 is 12.0 Å². The van der Waals surface area contributed by atoms with E-state index in [1.807, 2.05) is 0 Å². The van der Waals surface area contributed by atoms with Crippen molar-refractivity contribution in [2.45, 2.75) is 19.9 Å². The average molecular weight is 235 g/mol. The highest BCUT2D eigenvalue weighted by Gasteiger charge is 2.22. The molecule has 0 aromatic carbocycles. The Morgan fingerprint density at radius 3 is 2.33 bits per heavy atom. The van der Waals surface area contributed by atoms with Gasteiger partial charge in [0.1, 0.15) is 6.04 Å². The molecule has 3 N–H and O–H groups in total. The number of hydrogen-bond acceptors (Lipinski definition) is 2. The lowest BCUT2D eigenvalue weighted by molar-refractivity contribution is -0.140. The van der Waals surface area contributed by atoms with Gasteiger partial charge in [-0.1, -0.05) is 32.0 Å². The van der Waals surface area contributed by atoms with E-state index in [4.69, 9.17) is 16.7 Å². The van der Waals surface area contributed by atoms with E-state index in [0.29, 0.717) is 0 Å². The SMILES string of the molecule is C=C(Cl)CNC(=O)NC(C(=O)O)C(C)C. The van der Waals surface area contributed by atoms with Crippen LogP contribution >= 0.6 is 11.6 Å². The number of carboxylic acids is 1. The molecule has 0 saturated carbocycles. The molecule has 6 heteroatoms. The summed E-state index contributed by atoms with van der Waals surface area (Å²) < 4.78 is 0. The molecular formula is C9H15ClN2O3. The number of halogens is 1. The first kappa shape index (κ1) is 13.8. The third-order valence-corrected chi connectivity index (χ3v) is 1.79. The normalized spacial score (nSPS) is 12.0. The highest BCUT2D eigenvalue weighted by molar-refractivity contribution is 6.29. The van der Waals surface area contributed by atoms with Crippen molar-refractivity contribution in [2.24, 2.45) is 5.92 Å². The summed E-state index contributed by atoms with van der Waals surface area (Å²) in [6.07, 6.45) is 0. The fourth-order valence-corrected chi connectivity index (χ4v) is 0.949. The quantitative estimate of drug-likeness (QED) is 0.668. The van der Waals surface area contributed by atoms with E-state index < -0.39 is 18.0 Å². The van der Waals surface area contributed by atoms with Crippen molar-refractivity contribution >= 4 is 23.6 Å². The van der Waals surface area contributed by atoms with Crippen LogP contribution in [0.5, 0.6) is 0 Å². The first-order chi connectivity index (χ1) is 6.84. The first-order valence-corrected chi connectivity index (χ1v) is 4.82. The minimum atomic E-state index is -1.06. The largest absolute Gasteiger partial charge is 0.480 e. The van der Waals surface area contributed by atoms with Crippen molar-refractivity contribution in [3.05, 3.63) is 11.6 Å². The maximum absolute atomic E-state index is 11.2. The molecule has 0 aromatic rings. The van der Waals surface area contributed by atoms with E-state index in [9.17, 15) is 9.59 Å². The van der Waals surface area contributed by atoms with Crippen molar-refractivity contribution in [2.75, 3.05) is 6.54 Å². The van der Waals surface area contributed by atoms with E-state index >= 15 is 0 Å². The smallest absolute Gasteiger partial charge is 0.326 e. The van der Waals surface area contributed by atoms with E-state index in [2.05, 4.69) is 17.2 Å². The molecular weight excluding hydrogens is 220 g/mol. The Morgan fingerprint density at radius 2 is 2.00 bits per heavy atom. The van der Waals surface area contributed by atoms with Crippen LogP contribution in [0.3, 0.4) is 0 Å². The molecule has 1 unspecified atom stereocenters. The summed E-state index contributed by atoms with van der Waals surface area (Å²) in [5.74, 6) is -1.25. The molecule has 0 aliphatic carbocycles. The summed E-state index contributed by atoms with van der Waals surface area (Å²) in [5, 5.41) is 13.8. The van der Waals surface area contributed by atoms with Gasteiger partial charge in [0.2, 0.25) is 0 Å². The fourth-order valence-electron chi connectivity index (χ4n) is 0.882. The Kier molecular flexibility index (Phi) is 5.77. The van der Waals surface area contributed by atoms with Crippen LogP contribution in [0.25, 0.3) is 0 Å². The summed E-state index contributed by atoms with van der Waals surface area (Å²) in [7, 11) is 0. The van der Waals surface area contributed by atoms with Crippen molar-refractivity contribution < 1.29 is 14.7 Å². The molecule has 0 saturated heterocycles. The molecule has 86 valence electrons. The van der Waals surface area contributed by atoms with Gasteiger partial charge in [0, 0.05) is 5.03 Å². The Hall–Kier alpha value is -1.23. The highest BCUT2D eigenvalue weighted by atomic mass is 35.5. The maximum atomic E-state index is 11.2. The predicted octanol–water partition coefficient (Wildman–Crippen LogP) is 1.15. The third-order valence-electron chi connectivity index (χ3n) is 1.66. The Labute approximate surface area is 93.5 Å². The topological polar surface area (TPSA) is 78.4 Å². The number of nitrogens with one attached hydrogen (secondary N) is 2. The van der Waals surface area contributed by atoms with Crippen LogP contribution in [0.4, 0.5) is 4.79 Å². The van der Waals surface area contributed by atoms with Crippen LogP contribution < -0.4 is 10.6 Å². The number of aliphatic carboxylic acids is 1. The standard InChI is InChI=1S/C9H15ClN2O3/c1-5(2)7(8(13)14)12-9(15)11-4-6(3)10/h5,7H,3-4H2,1-2H3,(H,13,14)(H2,11,12,15). The first-order valence-electron chi connectivity index (χ1n) is 4.45. The van der Waals surface area contributed by atoms with Crippen LogP contribution in [-0.2, 0) is 4.79 Å². The Bertz CT molecular complexity index is 266. The lowest BCUT2D eigenvalue weighted by Gasteiger charge is -2.18. The van der Waals surface area contributed by atoms with Gasteiger partial charge in [0.25, 0.3) is 0 Å².